The molecule has 0 radical (unpaired) electrons. The fourth-order valence-electron chi connectivity index (χ4n) is 3.45. The summed E-state index contributed by atoms with van der Waals surface area (Å²) in [5.74, 6) is 0.418. The van der Waals surface area contributed by atoms with Gasteiger partial charge in [-0.3, -0.25) is 9.59 Å². The van der Waals surface area contributed by atoms with Crippen LogP contribution in [0.1, 0.15) is 53.4 Å². The zero-order chi connectivity index (χ0) is 27.4. The summed E-state index contributed by atoms with van der Waals surface area (Å²) in [7, 11) is 0. The Balaban J connectivity index is 0.000000240. The highest BCUT2D eigenvalue weighted by atomic mass is 79.9. The Morgan fingerprint density at radius 3 is 1.61 bits per heavy atom. The largest absolute Gasteiger partial charge is 0.392 e. The van der Waals surface area contributed by atoms with E-state index in [4.69, 9.17) is 24.1 Å². The normalized spacial score (nSPS) is 40.9. The molecule has 2 N–H and O–H groups in total. The number of carbonyl (C=O) groups is 2. The third-order valence-electron chi connectivity index (χ3n) is 5.82. The van der Waals surface area contributed by atoms with Gasteiger partial charge in [0.1, 0.15) is 6.61 Å². The number of ketones is 2. The van der Waals surface area contributed by atoms with Crippen molar-refractivity contribution in [3.8, 4) is 0 Å². The van der Waals surface area contributed by atoms with Crippen molar-refractivity contribution in [2.24, 2.45) is 0 Å². The van der Waals surface area contributed by atoms with E-state index < -0.39 is 0 Å². The Bertz CT molecular complexity index is 634. The Morgan fingerprint density at radius 1 is 0.611 bits per heavy atom. The van der Waals surface area contributed by atoms with Crippen molar-refractivity contribution in [2.75, 3.05) is 26.4 Å². The number of hydrogen-bond acceptors (Lipinski definition) is 8. The molecule has 0 bridgehead atoms. The van der Waals surface area contributed by atoms with E-state index in [9.17, 15) is 14.7 Å². The minimum absolute atomic E-state index is 0.0289. The van der Waals surface area contributed by atoms with Crippen LogP contribution in [0.25, 0.3) is 0 Å². The summed E-state index contributed by atoms with van der Waals surface area (Å²) in [6.45, 7) is 9.77. The van der Waals surface area contributed by atoms with Crippen LogP contribution in [0.2, 0.25) is 0 Å². The highest BCUT2D eigenvalue weighted by Crippen LogP contribution is 2.21. The molecular formula is C24H40Br4O8. The lowest BCUT2D eigenvalue weighted by molar-refractivity contribution is -0.129. The number of Topliss-reactive ketones (excluding diaryl/α,β-unsaturated/α-hetero) is 2. The van der Waals surface area contributed by atoms with Gasteiger partial charge >= 0.3 is 0 Å². The van der Waals surface area contributed by atoms with Gasteiger partial charge in [0.05, 0.1) is 70.9 Å². The molecule has 4 saturated heterocycles. The van der Waals surface area contributed by atoms with Crippen molar-refractivity contribution in [1.29, 1.82) is 0 Å². The summed E-state index contributed by atoms with van der Waals surface area (Å²) in [6, 6.07) is 0. The Hall–Kier alpha value is 1.02. The van der Waals surface area contributed by atoms with Crippen LogP contribution in [0, 0.1) is 0 Å². The van der Waals surface area contributed by atoms with Crippen LogP contribution >= 0.6 is 63.7 Å². The molecule has 0 spiro atoms. The van der Waals surface area contributed by atoms with Crippen LogP contribution < -0.4 is 0 Å². The van der Waals surface area contributed by atoms with Crippen LogP contribution in [-0.2, 0) is 28.5 Å². The molecule has 4 aliphatic rings. The minimum Gasteiger partial charge on any atom is -0.392 e. The van der Waals surface area contributed by atoms with E-state index in [-0.39, 0.29) is 74.1 Å². The van der Waals surface area contributed by atoms with E-state index in [0.29, 0.717) is 26.2 Å². The van der Waals surface area contributed by atoms with E-state index in [1.54, 1.807) is 0 Å². The fourth-order valence-corrected chi connectivity index (χ4v) is 5.50. The number of hydrogen-bond donors (Lipinski definition) is 2. The van der Waals surface area contributed by atoms with Gasteiger partial charge in [0.25, 0.3) is 0 Å². The molecule has 4 rings (SSSR count). The third kappa shape index (κ3) is 14.4. The Kier molecular flexibility index (Phi) is 17.9. The quantitative estimate of drug-likeness (QED) is 0.355. The summed E-state index contributed by atoms with van der Waals surface area (Å²) in [5, 5.41) is 18.3. The first-order valence-corrected chi connectivity index (χ1v) is 15.9. The van der Waals surface area contributed by atoms with Crippen LogP contribution in [-0.4, -0.2) is 104 Å². The maximum Gasteiger partial charge on any atom is 0.172 e. The van der Waals surface area contributed by atoms with E-state index in [0.717, 1.165) is 19.3 Å². The minimum atomic E-state index is -0.318. The molecule has 0 aromatic rings. The van der Waals surface area contributed by atoms with Crippen LogP contribution in [0.5, 0.6) is 0 Å². The Labute approximate surface area is 248 Å². The van der Waals surface area contributed by atoms with Gasteiger partial charge in [-0.15, -0.1) is 0 Å². The second kappa shape index (κ2) is 18.4. The monoisotopic (exact) mass is 772 g/mol. The third-order valence-corrected chi connectivity index (χ3v) is 9.34. The van der Waals surface area contributed by atoms with Crippen molar-refractivity contribution in [3.05, 3.63) is 0 Å². The molecule has 10 atom stereocenters. The molecule has 36 heavy (non-hydrogen) atoms. The first kappa shape index (κ1) is 35.0. The average Bonchev–Trinajstić information content (AvgIpc) is 2.81. The van der Waals surface area contributed by atoms with Crippen LogP contribution in [0.3, 0.4) is 0 Å². The first-order valence-electron chi connectivity index (χ1n) is 12.2. The van der Waals surface area contributed by atoms with Crippen molar-refractivity contribution in [2.45, 2.75) is 109 Å². The highest BCUT2D eigenvalue weighted by Gasteiger charge is 2.26. The molecule has 0 aromatic heterocycles. The number of ether oxygens (including phenoxy) is 4. The number of carbonyl (C=O) groups excluding carboxylic acids is 2. The molecular weight excluding hydrogens is 736 g/mol. The van der Waals surface area contributed by atoms with Crippen LogP contribution in [0.4, 0.5) is 0 Å². The summed E-state index contributed by atoms with van der Waals surface area (Å²) in [6.07, 6.45) is 3.31. The maximum absolute atomic E-state index is 10.9. The van der Waals surface area contributed by atoms with Crippen molar-refractivity contribution in [1.82, 2.24) is 0 Å². The molecule has 0 aliphatic carbocycles. The van der Waals surface area contributed by atoms with Gasteiger partial charge in [-0.2, -0.15) is 0 Å². The second-order valence-corrected chi connectivity index (χ2v) is 14.1. The van der Waals surface area contributed by atoms with Crippen molar-refractivity contribution in [3.63, 3.8) is 0 Å². The van der Waals surface area contributed by atoms with Gasteiger partial charge in [-0.25, -0.2) is 0 Å². The van der Waals surface area contributed by atoms with Gasteiger partial charge in [0.2, 0.25) is 0 Å². The average molecular weight is 776 g/mol. The predicted molar refractivity (Wildman–Crippen MR) is 153 cm³/mol. The SMILES string of the molecule is CC1CC(=O)C(Br)CO1.CC1CC(Br)C(=O)CO1.CC1CC(Br)C(O)CO1.CC1CC(O)C(Br)CO1. The lowest BCUT2D eigenvalue weighted by Gasteiger charge is -2.27. The first-order chi connectivity index (χ1) is 16.8. The van der Waals surface area contributed by atoms with Crippen molar-refractivity contribution >= 4 is 75.3 Å². The summed E-state index contributed by atoms with van der Waals surface area (Å²) in [4.78, 5) is 22.0. The van der Waals surface area contributed by atoms with E-state index in [2.05, 4.69) is 63.7 Å². The summed E-state index contributed by atoms with van der Waals surface area (Å²) >= 11 is 13.1. The number of aliphatic hydroxyl groups is 2. The van der Waals surface area contributed by atoms with Gasteiger partial charge in [0.15, 0.2) is 11.6 Å². The molecule has 12 heteroatoms. The van der Waals surface area contributed by atoms with Gasteiger partial charge in [0, 0.05) is 17.7 Å². The molecule has 8 nitrogen and oxygen atoms in total. The maximum atomic E-state index is 10.9. The highest BCUT2D eigenvalue weighted by molar-refractivity contribution is 9.10. The van der Waals surface area contributed by atoms with E-state index in [1.807, 2.05) is 27.7 Å². The number of rotatable bonds is 0. The van der Waals surface area contributed by atoms with Gasteiger partial charge in [-0.1, -0.05) is 63.7 Å². The topological polar surface area (TPSA) is 112 Å². The zero-order valence-corrected chi connectivity index (χ0v) is 27.6. The zero-order valence-electron chi connectivity index (χ0n) is 21.3. The van der Waals surface area contributed by atoms with Gasteiger partial charge < -0.3 is 29.2 Å². The molecule has 0 saturated carbocycles. The molecule has 4 aliphatic heterocycles. The standard InChI is InChI=1S/C6H11BrO2.C6H9BrO2.C6H11BrO2.C6H9BrO2/c2*1-4-2-6(8)5(7)3-9-4;2*1-4-2-5(7)6(8)3-9-4/h4-6,8H,2-3H2,1H3;4-5H,2-3H2,1H3;4-6,8H,2-3H2,1H3;4-5H,2-3H2,1H3. The molecule has 0 amide bonds. The second-order valence-electron chi connectivity index (χ2n) is 9.50. The molecule has 4 heterocycles. The molecule has 0 aromatic carbocycles. The smallest absolute Gasteiger partial charge is 0.172 e. The molecule has 10 unspecified atom stereocenters. The molecule has 4 fully saturated rings. The summed E-state index contributed by atoms with van der Waals surface area (Å²) in [5.41, 5.74) is 0. The number of halogens is 4. The number of alkyl halides is 4. The van der Waals surface area contributed by atoms with Gasteiger partial charge in [-0.05, 0) is 40.5 Å². The van der Waals surface area contributed by atoms with E-state index in [1.165, 1.54) is 0 Å². The molecule has 212 valence electrons. The lowest BCUT2D eigenvalue weighted by Crippen LogP contribution is -2.36. The van der Waals surface area contributed by atoms with Crippen LogP contribution in [0.15, 0.2) is 0 Å². The van der Waals surface area contributed by atoms with Crippen molar-refractivity contribution < 1.29 is 38.7 Å². The lowest BCUT2D eigenvalue weighted by atomic mass is 10.1. The predicted octanol–water partition coefficient (Wildman–Crippen LogP) is 4.09. The van der Waals surface area contributed by atoms with E-state index >= 15 is 0 Å². The summed E-state index contributed by atoms with van der Waals surface area (Å²) < 4.78 is 20.7. The fraction of sp³-hybridized carbons (Fsp3) is 0.917. The number of aliphatic hydroxyl groups excluding tert-OH is 2. The Morgan fingerprint density at radius 2 is 1.17 bits per heavy atom.